The van der Waals surface area contributed by atoms with Gasteiger partial charge in [0.1, 0.15) is 17.3 Å². The number of halogens is 3. The topological polar surface area (TPSA) is 159 Å². The average Bonchev–Trinajstić information content (AvgIpc) is 3.43. The van der Waals surface area contributed by atoms with Crippen LogP contribution in [0, 0.1) is 24.2 Å². The Morgan fingerprint density at radius 3 is 2.42 bits per heavy atom. The Morgan fingerprint density at radius 1 is 1.09 bits per heavy atom. The predicted molar refractivity (Wildman–Crippen MR) is 153 cm³/mol. The second-order valence-electron chi connectivity index (χ2n) is 13.0. The van der Waals surface area contributed by atoms with Crippen LogP contribution in [0.1, 0.15) is 65.8 Å². The van der Waals surface area contributed by atoms with Crippen LogP contribution in [0.3, 0.4) is 0 Å². The Labute approximate surface area is 257 Å². The number of urea groups is 1. The normalized spacial score (nSPS) is 26.1. The van der Waals surface area contributed by atoms with Crippen LogP contribution >= 0.6 is 0 Å². The summed E-state index contributed by atoms with van der Waals surface area (Å²) in [5, 5.41) is 18.3. The van der Waals surface area contributed by atoms with E-state index in [0.717, 1.165) is 24.0 Å². The summed E-state index contributed by atoms with van der Waals surface area (Å²) in [4.78, 5) is 54.8. The SMILES string of the molecule is CNC(=O)C1(N2CC3(CC3)CNC2=O)Cc2ccc(NC(=O)C(NC(=O)c3nonc3C)C3CCC(C(F)(F)F)CC3)cc2C1. The van der Waals surface area contributed by atoms with Crippen LogP contribution in [-0.4, -0.2) is 76.9 Å². The third-order valence-corrected chi connectivity index (χ3v) is 10.1. The van der Waals surface area contributed by atoms with Gasteiger partial charge in [-0.05, 0) is 79.8 Å². The van der Waals surface area contributed by atoms with Crippen molar-refractivity contribution in [3.05, 3.63) is 40.7 Å². The van der Waals surface area contributed by atoms with Gasteiger partial charge in [0.05, 0.1) is 5.92 Å². The Bertz CT molecular complexity index is 1520. The van der Waals surface area contributed by atoms with Gasteiger partial charge in [-0.1, -0.05) is 11.2 Å². The quantitative estimate of drug-likeness (QED) is 0.366. The molecule has 2 aromatic rings. The number of amides is 5. The summed E-state index contributed by atoms with van der Waals surface area (Å²) in [7, 11) is 1.54. The van der Waals surface area contributed by atoms with Crippen LogP contribution in [0.5, 0.6) is 0 Å². The monoisotopic (exact) mass is 631 g/mol. The number of fused-ring (bicyclic) bond motifs is 1. The van der Waals surface area contributed by atoms with E-state index in [4.69, 9.17) is 0 Å². The lowest BCUT2D eigenvalue weighted by molar-refractivity contribution is -0.184. The van der Waals surface area contributed by atoms with Crippen LogP contribution in [0.15, 0.2) is 22.8 Å². The zero-order valence-corrected chi connectivity index (χ0v) is 25.1. The second kappa shape index (κ2) is 11.3. The number of aryl methyl sites for hydroxylation is 1. The molecule has 2 heterocycles. The van der Waals surface area contributed by atoms with Crippen LogP contribution in [0.25, 0.3) is 0 Å². The lowest BCUT2D eigenvalue weighted by Crippen LogP contribution is -2.67. The number of hydrogen-bond donors (Lipinski definition) is 4. The van der Waals surface area contributed by atoms with Crippen molar-refractivity contribution in [1.29, 1.82) is 0 Å². The van der Waals surface area contributed by atoms with Crippen molar-refractivity contribution < 1.29 is 37.0 Å². The first kappa shape index (κ1) is 30.8. The molecule has 3 fully saturated rings. The zero-order chi connectivity index (χ0) is 32.1. The summed E-state index contributed by atoms with van der Waals surface area (Å²) >= 11 is 0. The van der Waals surface area contributed by atoms with Gasteiger partial charge in [0.15, 0.2) is 5.69 Å². The summed E-state index contributed by atoms with van der Waals surface area (Å²) in [5.41, 5.74) is 1.00. The van der Waals surface area contributed by atoms with Gasteiger partial charge in [-0.2, -0.15) is 13.2 Å². The van der Waals surface area contributed by atoms with E-state index in [1.165, 1.54) is 6.92 Å². The molecular formula is C30H36F3N7O5. The molecule has 2 unspecified atom stereocenters. The van der Waals surface area contributed by atoms with Crippen molar-refractivity contribution in [3.8, 4) is 0 Å². The fourth-order valence-corrected chi connectivity index (χ4v) is 7.16. The van der Waals surface area contributed by atoms with Crippen molar-refractivity contribution >= 4 is 29.4 Å². The summed E-state index contributed by atoms with van der Waals surface area (Å²) in [6.45, 7) is 2.59. The van der Waals surface area contributed by atoms with Crippen molar-refractivity contribution in [2.75, 3.05) is 25.5 Å². The van der Waals surface area contributed by atoms with Crippen LogP contribution < -0.4 is 21.3 Å². The van der Waals surface area contributed by atoms with Crippen molar-refractivity contribution in [2.45, 2.75) is 76.0 Å². The van der Waals surface area contributed by atoms with E-state index < -0.39 is 41.4 Å². The van der Waals surface area contributed by atoms with Gasteiger partial charge in [0.25, 0.3) is 5.91 Å². The molecular weight excluding hydrogens is 595 g/mol. The fraction of sp³-hybridized carbons (Fsp3) is 0.600. The van der Waals surface area contributed by atoms with Gasteiger partial charge in [-0.25, -0.2) is 9.42 Å². The molecule has 0 radical (unpaired) electrons. The Kier molecular flexibility index (Phi) is 7.76. The standard InChI is InChI=1S/C30H36F3N7O5/c1-16-22(39-45-38-16)24(41)37-23(17-3-6-20(7-4-17)30(31,32)33)25(42)36-21-8-5-18-12-29(26(43)34-2,13-19(18)11-21)40-15-28(9-10-28)14-35-27(40)44/h5,8,11,17,20,23H,3-4,6-7,9-10,12-15H2,1-2H3,(H,34,43)(H,35,44)(H,36,42)(H,37,41). The average molecular weight is 632 g/mol. The zero-order valence-electron chi connectivity index (χ0n) is 25.1. The molecule has 2 atom stereocenters. The van der Waals surface area contributed by atoms with E-state index in [0.29, 0.717) is 25.2 Å². The molecule has 1 aromatic heterocycles. The molecule has 15 heteroatoms. The van der Waals surface area contributed by atoms with Crippen molar-refractivity contribution in [3.63, 3.8) is 0 Å². The van der Waals surface area contributed by atoms with Crippen molar-refractivity contribution in [2.24, 2.45) is 17.3 Å². The molecule has 6 rings (SSSR count). The van der Waals surface area contributed by atoms with Gasteiger partial charge in [-0.15, -0.1) is 0 Å². The number of alkyl halides is 3. The Hall–Kier alpha value is -4.17. The Balaban J connectivity index is 1.21. The smallest absolute Gasteiger partial charge is 0.357 e. The fourth-order valence-electron chi connectivity index (χ4n) is 7.16. The van der Waals surface area contributed by atoms with E-state index in [2.05, 4.69) is 36.2 Å². The van der Waals surface area contributed by atoms with E-state index >= 15 is 0 Å². The highest BCUT2D eigenvalue weighted by atomic mass is 19.4. The van der Waals surface area contributed by atoms with Crippen LogP contribution in [0.2, 0.25) is 0 Å². The summed E-state index contributed by atoms with van der Waals surface area (Å²) in [5.74, 6) is -3.58. The molecule has 2 saturated carbocycles. The third-order valence-electron chi connectivity index (χ3n) is 10.1. The number of anilines is 1. The van der Waals surface area contributed by atoms with Gasteiger partial charge < -0.3 is 26.2 Å². The predicted octanol–water partition coefficient (Wildman–Crippen LogP) is 2.87. The molecule has 1 aromatic carbocycles. The largest absolute Gasteiger partial charge is 0.391 e. The van der Waals surface area contributed by atoms with Crippen LogP contribution in [-0.2, 0) is 22.4 Å². The summed E-state index contributed by atoms with van der Waals surface area (Å²) in [6.07, 6.45) is -1.90. The lowest BCUT2D eigenvalue weighted by Gasteiger charge is -2.44. The van der Waals surface area contributed by atoms with Gasteiger partial charge in [-0.3, -0.25) is 14.4 Å². The number of carbonyl (C=O) groups excluding carboxylic acids is 4. The summed E-state index contributed by atoms with van der Waals surface area (Å²) in [6, 6.07) is 3.80. The van der Waals surface area contributed by atoms with Gasteiger partial charge in [0, 0.05) is 44.1 Å². The van der Waals surface area contributed by atoms with Gasteiger partial charge >= 0.3 is 12.2 Å². The second-order valence-corrected chi connectivity index (χ2v) is 13.0. The molecule has 1 saturated heterocycles. The lowest BCUT2D eigenvalue weighted by atomic mass is 9.78. The number of nitrogens with one attached hydrogen (secondary N) is 4. The number of rotatable bonds is 7. The molecule has 1 aliphatic heterocycles. The van der Waals surface area contributed by atoms with E-state index in [1.807, 2.05) is 0 Å². The number of aromatic nitrogens is 2. The minimum absolute atomic E-state index is 0.0118. The maximum absolute atomic E-state index is 13.7. The molecule has 45 heavy (non-hydrogen) atoms. The molecule has 1 spiro atoms. The molecule has 0 bridgehead atoms. The van der Waals surface area contributed by atoms with E-state index in [-0.39, 0.29) is 60.8 Å². The maximum atomic E-state index is 13.7. The first-order chi connectivity index (χ1) is 21.3. The third kappa shape index (κ3) is 5.84. The number of hydrogen-bond acceptors (Lipinski definition) is 7. The van der Waals surface area contributed by atoms with E-state index in [9.17, 15) is 32.3 Å². The van der Waals surface area contributed by atoms with Gasteiger partial charge in [0.2, 0.25) is 11.8 Å². The molecule has 4 N–H and O–H groups in total. The number of likely N-dealkylation sites (N-methyl/N-ethyl adjacent to an activating group) is 1. The van der Waals surface area contributed by atoms with E-state index in [1.54, 1.807) is 30.1 Å². The van der Waals surface area contributed by atoms with Crippen molar-refractivity contribution in [1.82, 2.24) is 31.2 Å². The number of benzene rings is 1. The molecule has 242 valence electrons. The number of carbonyl (C=O) groups is 4. The number of nitrogens with zero attached hydrogens (tertiary/aromatic N) is 3. The Morgan fingerprint density at radius 2 is 1.80 bits per heavy atom. The highest BCUT2D eigenvalue weighted by Gasteiger charge is 2.57. The molecule has 12 nitrogen and oxygen atoms in total. The molecule has 5 amide bonds. The molecule has 3 aliphatic carbocycles. The summed E-state index contributed by atoms with van der Waals surface area (Å²) < 4.78 is 44.7. The minimum Gasteiger partial charge on any atom is -0.357 e. The maximum Gasteiger partial charge on any atom is 0.391 e. The first-order valence-electron chi connectivity index (χ1n) is 15.2. The highest BCUT2D eigenvalue weighted by molar-refractivity contribution is 6.01. The highest BCUT2D eigenvalue weighted by Crippen LogP contribution is 2.50. The molecule has 4 aliphatic rings. The van der Waals surface area contributed by atoms with Crippen LogP contribution in [0.4, 0.5) is 23.7 Å². The minimum atomic E-state index is -4.32. The first-order valence-corrected chi connectivity index (χ1v) is 15.2.